The molecule has 0 aromatic rings. The zero-order valence-corrected chi connectivity index (χ0v) is 3.58. The van der Waals surface area contributed by atoms with Gasteiger partial charge in [0, 0.05) is 7.11 Å². The van der Waals surface area contributed by atoms with Crippen molar-refractivity contribution in [2.45, 2.75) is 0 Å². The van der Waals surface area contributed by atoms with Crippen LogP contribution in [-0.2, 0) is 15.6 Å². The molecule has 0 aliphatic rings. The number of halogens is 2. The average Bonchev–Trinajstić information content (AvgIpc) is 1.46. The number of hydrogen-bond acceptors (Lipinski definition) is 1. The van der Waals surface area contributed by atoms with E-state index in [1.54, 1.807) is 0 Å². The first-order chi connectivity index (χ1) is 2.41. The summed E-state index contributed by atoms with van der Waals surface area (Å²) in [5.74, 6) is 0. The average molecular weight is 129 g/mol. The van der Waals surface area contributed by atoms with Gasteiger partial charge in [-0.2, -0.15) is 0 Å². The van der Waals surface area contributed by atoms with Crippen molar-refractivity contribution in [3.05, 3.63) is 0 Å². The van der Waals surface area contributed by atoms with Crippen LogP contribution < -0.4 is 0 Å². The van der Waals surface area contributed by atoms with E-state index in [0.717, 1.165) is 7.11 Å². The second kappa shape index (κ2) is 27.2. The number of rotatable bonds is 0. The van der Waals surface area contributed by atoms with Gasteiger partial charge in [-0.05, 0) is 0 Å². The van der Waals surface area contributed by atoms with Crippen molar-refractivity contribution in [1.82, 2.24) is 0 Å². The maximum atomic E-state index is 9.59. The molecule has 1 N–H and O–H groups in total. The fourth-order valence-corrected chi connectivity index (χ4v) is 0. The minimum absolute atomic E-state index is 1.00. The molecular weight excluding hydrogens is 125 g/mol. The molecule has 0 spiro atoms. The third kappa shape index (κ3) is 220. The summed E-state index contributed by atoms with van der Waals surface area (Å²) in [7, 11) is 1.00. The Hall–Kier alpha value is 0.326. The van der Waals surface area contributed by atoms with Crippen LogP contribution in [0.5, 0.6) is 0 Å². The summed E-state index contributed by atoms with van der Waals surface area (Å²) < 4.78 is 19.2. The molecule has 0 aliphatic carbocycles. The van der Waals surface area contributed by atoms with Gasteiger partial charge < -0.3 is 5.11 Å². The normalized spacial score (nSPS) is 5.60. The monoisotopic (exact) mass is 129 g/mol. The second-order valence-corrected chi connectivity index (χ2v) is 0.196. The molecule has 0 bridgehead atoms. The van der Waals surface area contributed by atoms with E-state index in [4.69, 9.17) is 5.11 Å². The fourth-order valence-electron chi connectivity index (χ4n) is 0. The van der Waals surface area contributed by atoms with Crippen molar-refractivity contribution < 1.29 is 27.9 Å². The molecule has 0 saturated heterocycles. The van der Waals surface area contributed by atoms with Gasteiger partial charge >= 0.3 is 22.8 Å². The quantitative estimate of drug-likeness (QED) is 0.503. The van der Waals surface area contributed by atoms with E-state index in [9.17, 15) is 7.16 Å². The fraction of sp³-hybridized carbons (Fsp3) is 1.00. The first-order valence-corrected chi connectivity index (χ1v) is 1.49. The van der Waals surface area contributed by atoms with Crippen LogP contribution in [0.2, 0.25) is 0 Å². The molecule has 0 fully saturated rings. The molecule has 0 aromatic carbocycles. The van der Waals surface area contributed by atoms with Gasteiger partial charge in [-0.25, -0.2) is 0 Å². The van der Waals surface area contributed by atoms with Crippen molar-refractivity contribution in [3.63, 3.8) is 0 Å². The Labute approximate surface area is 35.9 Å². The Bertz CT molecular complexity index is 9.61. The molecule has 0 atom stereocenters. The molecule has 0 saturated carbocycles. The van der Waals surface area contributed by atoms with Gasteiger partial charge in [0.05, 0.1) is 0 Å². The predicted molar refractivity (Wildman–Crippen MR) is 10.4 cm³/mol. The van der Waals surface area contributed by atoms with Crippen molar-refractivity contribution in [2.24, 2.45) is 0 Å². The molecule has 4 heteroatoms. The van der Waals surface area contributed by atoms with E-state index in [-0.39, 0.29) is 0 Å². The molecule has 0 unspecified atom stereocenters. The summed E-state index contributed by atoms with van der Waals surface area (Å²) >= 11 is -1.56. The summed E-state index contributed by atoms with van der Waals surface area (Å²) in [5, 5.41) is 7.00. The van der Waals surface area contributed by atoms with Crippen molar-refractivity contribution in [3.8, 4) is 0 Å². The topological polar surface area (TPSA) is 20.2 Å². The maximum absolute atomic E-state index is 9.59. The standard InChI is InChI=1S/CH4O.Co.2FH/c1-2;;;/h2H,1H3;;2*1H/q;+2;;/p-2. The SMILES string of the molecule is CO.[F][Co][F]. The van der Waals surface area contributed by atoms with Crippen LogP contribution in [0.1, 0.15) is 0 Å². The van der Waals surface area contributed by atoms with Gasteiger partial charge in [0.2, 0.25) is 0 Å². The molecule has 0 heterocycles. The molecule has 0 amide bonds. The number of aliphatic hydroxyl groups is 1. The second-order valence-electron chi connectivity index (χ2n) is 0.0476. The first-order valence-electron chi connectivity index (χ1n) is 0.699. The van der Waals surface area contributed by atoms with E-state index in [0.29, 0.717) is 0 Å². The Kier molecular flexibility index (Phi) is 49.0. The van der Waals surface area contributed by atoms with Crippen molar-refractivity contribution in [2.75, 3.05) is 7.11 Å². The summed E-state index contributed by atoms with van der Waals surface area (Å²) in [6.07, 6.45) is 0. The van der Waals surface area contributed by atoms with Gasteiger partial charge in [0.1, 0.15) is 0 Å². The van der Waals surface area contributed by atoms with Crippen LogP contribution in [0.15, 0.2) is 0 Å². The van der Waals surface area contributed by atoms with Crippen LogP contribution in [0, 0.1) is 0 Å². The van der Waals surface area contributed by atoms with Gasteiger partial charge in [0.15, 0.2) is 0 Å². The van der Waals surface area contributed by atoms with Gasteiger partial charge in [-0.1, -0.05) is 0 Å². The van der Waals surface area contributed by atoms with Crippen LogP contribution in [0.3, 0.4) is 0 Å². The van der Waals surface area contributed by atoms with Crippen molar-refractivity contribution in [1.29, 1.82) is 0 Å². The predicted octanol–water partition coefficient (Wildman–Crippen LogP) is 0.446. The summed E-state index contributed by atoms with van der Waals surface area (Å²) in [5.41, 5.74) is 0. The van der Waals surface area contributed by atoms with Gasteiger partial charge in [-0.3, -0.25) is 0 Å². The summed E-state index contributed by atoms with van der Waals surface area (Å²) in [4.78, 5) is 0. The van der Waals surface area contributed by atoms with E-state index < -0.39 is 15.6 Å². The van der Waals surface area contributed by atoms with E-state index in [2.05, 4.69) is 0 Å². The van der Waals surface area contributed by atoms with Crippen LogP contribution >= 0.6 is 0 Å². The summed E-state index contributed by atoms with van der Waals surface area (Å²) in [6.45, 7) is 0. The third-order valence-electron chi connectivity index (χ3n) is 0. The minimum atomic E-state index is -1.56. The Morgan fingerprint density at radius 3 is 1.40 bits per heavy atom. The molecule has 0 radical (unpaired) electrons. The Balaban J connectivity index is 0. The van der Waals surface area contributed by atoms with Crippen molar-refractivity contribution >= 4 is 0 Å². The van der Waals surface area contributed by atoms with Gasteiger partial charge in [0.25, 0.3) is 0 Å². The van der Waals surface area contributed by atoms with E-state index in [1.807, 2.05) is 0 Å². The Morgan fingerprint density at radius 2 is 1.40 bits per heavy atom. The molecule has 37 valence electrons. The zero-order chi connectivity index (χ0) is 4.71. The molecule has 0 aliphatic heterocycles. The van der Waals surface area contributed by atoms with Crippen LogP contribution in [0.25, 0.3) is 0 Å². The Morgan fingerprint density at radius 1 is 1.40 bits per heavy atom. The first kappa shape index (κ1) is 9.01. The van der Waals surface area contributed by atoms with E-state index in [1.165, 1.54) is 0 Å². The third-order valence-corrected chi connectivity index (χ3v) is 0. The number of aliphatic hydroxyl groups excluding tert-OH is 1. The molecule has 1 nitrogen and oxygen atoms in total. The zero-order valence-electron chi connectivity index (χ0n) is 2.54. The molecular formula is CH4CoF2O. The van der Waals surface area contributed by atoms with E-state index >= 15 is 0 Å². The molecule has 0 aromatic heterocycles. The molecule has 5 heavy (non-hydrogen) atoms. The van der Waals surface area contributed by atoms with Crippen LogP contribution in [0.4, 0.5) is 7.16 Å². The number of hydrogen-bond donors (Lipinski definition) is 1. The van der Waals surface area contributed by atoms with Gasteiger partial charge in [-0.15, -0.1) is 0 Å². The summed E-state index contributed by atoms with van der Waals surface area (Å²) in [6, 6.07) is 0. The van der Waals surface area contributed by atoms with Crippen LogP contribution in [-0.4, -0.2) is 12.2 Å². The molecule has 0 rings (SSSR count).